The lowest BCUT2D eigenvalue weighted by Crippen LogP contribution is -1.93. The number of anilines is 1. The SMILES string of the molecule is Nc1ccc(CSc2ncc[nH]2)c2ncccc12. The van der Waals surface area contributed by atoms with E-state index in [4.69, 9.17) is 5.73 Å². The van der Waals surface area contributed by atoms with Gasteiger partial charge in [0.1, 0.15) is 0 Å². The average molecular weight is 256 g/mol. The van der Waals surface area contributed by atoms with Crippen LogP contribution < -0.4 is 5.73 Å². The maximum Gasteiger partial charge on any atom is 0.165 e. The van der Waals surface area contributed by atoms with Gasteiger partial charge >= 0.3 is 0 Å². The smallest absolute Gasteiger partial charge is 0.165 e. The van der Waals surface area contributed by atoms with Crippen LogP contribution in [-0.2, 0) is 5.75 Å². The zero-order valence-electron chi connectivity index (χ0n) is 9.63. The summed E-state index contributed by atoms with van der Waals surface area (Å²) in [5, 5.41) is 1.92. The van der Waals surface area contributed by atoms with Crippen molar-refractivity contribution in [2.75, 3.05) is 5.73 Å². The molecule has 0 aliphatic heterocycles. The third-order valence-electron chi connectivity index (χ3n) is 2.72. The molecule has 3 aromatic rings. The summed E-state index contributed by atoms with van der Waals surface area (Å²) in [5.74, 6) is 0.821. The van der Waals surface area contributed by atoms with Crippen LogP contribution in [0.4, 0.5) is 5.69 Å². The van der Waals surface area contributed by atoms with Crippen LogP contribution in [0.3, 0.4) is 0 Å². The van der Waals surface area contributed by atoms with E-state index in [1.54, 1.807) is 24.2 Å². The largest absolute Gasteiger partial charge is 0.398 e. The maximum atomic E-state index is 5.95. The second kappa shape index (κ2) is 4.70. The number of nitrogens with two attached hydrogens (primary N) is 1. The summed E-state index contributed by atoms with van der Waals surface area (Å²) in [4.78, 5) is 11.7. The fraction of sp³-hybridized carbons (Fsp3) is 0.0769. The van der Waals surface area contributed by atoms with Gasteiger partial charge in [-0.15, -0.1) is 0 Å². The quantitative estimate of drug-likeness (QED) is 0.558. The molecule has 1 aromatic carbocycles. The first-order valence-electron chi connectivity index (χ1n) is 5.59. The molecular weight excluding hydrogens is 244 g/mol. The van der Waals surface area contributed by atoms with Crippen LogP contribution in [0, 0.1) is 0 Å². The van der Waals surface area contributed by atoms with Gasteiger partial charge in [0.2, 0.25) is 0 Å². The third kappa shape index (κ3) is 2.04. The van der Waals surface area contributed by atoms with E-state index in [9.17, 15) is 0 Å². The molecule has 3 N–H and O–H groups in total. The molecule has 0 aliphatic carbocycles. The summed E-state index contributed by atoms with van der Waals surface area (Å²) < 4.78 is 0. The summed E-state index contributed by atoms with van der Waals surface area (Å²) in [5.41, 5.74) is 8.86. The number of hydrogen-bond acceptors (Lipinski definition) is 4. The summed E-state index contributed by atoms with van der Waals surface area (Å²) in [7, 11) is 0. The predicted molar refractivity (Wildman–Crippen MR) is 74.3 cm³/mol. The number of thioether (sulfide) groups is 1. The van der Waals surface area contributed by atoms with Gasteiger partial charge in [0.05, 0.1) is 5.52 Å². The van der Waals surface area contributed by atoms with Gasteiger partial charge in [-0.25, -0.2) is 4.98 Å². The fourth-order valence-electron chi connectivity index (χ4n) is 1.85. The standard InChI is InChI=1S/C13H12N4S/c14-11-4-3-9(8-18-13-16-6-7-17-13)12-10(11)2-1-5-15-12/h1-7H,8,14H2,(H,16,17). The van der Waals surface area contributed by atoms with Gasteiger partial charge in [0, 0.05) is 35.4 Å². The van der Waals surface area contributed by atoms with E-state index in [1.807, 2.05) is 30.5 Å². The molecule has 18 heavy (non-hydrogen) atoms. The first-order valence-corrected chi connectivity index (χ1v) is 6.57. The number of rotatable bonds is 3. The lowest BCUT2D eigenvalue weighted by molar-refractivity contribution is 1.06. The lowest BCUT2D eigenvalue weighted by atomic mass is 10.1. The average Bonchev–Trinajstić information content (AvgIpc) is 2.92. The highest BCUT2D eigenvalue weighted by molar-refractivity contribution is 7.98. The van der Waals surface area contributed by atoms with Crippen molar-refractivity contribution < 1.29 is 0 Å². The number of aromatic nitrogens is 3. The van der Waals surface area contributed by atoms with Gasteiger partial charge in [-0.3, -0.25) is 4.98 Å². The zero-order chi connectivity index (χ0) is 12.4. The Bertz CT molecular complexity index is 664. The topological polar surface area (TPSA) is 67.6 Å². The van der Waals surface area contributed by atoms with Gasteiger partial charge < -0.3 is 10.7 Å². The molecule has 0 aliphatic rings. The first-order chi connectivity index (χ1) is 8.84. The molecule has 0 fully saturated rings. The van der Waals surface area contributed by atoms with Crippen LogP contribution in [0.25, 0.3) is 10.9 Å². The molecular formula is C13H12N4S. The number of nitrogens with one attached hydrogen (secondary N) is 1. The Morgan fingerprint density at radius 3 is 2.94 bits per heavy atom. The van der Waals surface area contributed by atoms with Crippen molar-refractivity contribution in [3.63, 3.8) is 0 Å². The number of pyridine rings is 1. The zero-order valence-corrected chi connectivity index (χ0v) is 10.4. The van der Waals surface area contributed by atoms with Crippen molar-refractivity contribution in [3.05, 3.63) is 48.4 Å². The van der Waals surface area contributed by atoms with Crippen LogP contribution in [0.5, 0.6) is 0 Å². The van der Waals surface area contributed by atoms with Crippen molar-refractivity contribution in [2.45, 2.75) is 10.9 Å². The minimum atomic E-state index is 0.768. The molecule has 0 saturated carbocycles. The van der Waals surface area contributed by atoms with Crippen molar-refractivity contribution in [3.8, 4) is 0 Å². The third-order valence-corrected chi connectivity index (χ3v) is 3.68. The van der Waals surface area contributed by atoms with Crippen LogP contribution in [0.15, 0.2) is 48.0 Å². The van der Waals surface area contributed by atoms with E-state index in [2.05, 4.69) is 15.0 Å². The molecule has 5 heteroatoms. The van der Waals surface area contributed by atoms with Crippen LogP contribution >= 0.6 is 11.8 Å². The highest BCUT2D eigenvalue weighted by Crippen LogP contribution is 2.27. The minimum absolute atomic E-state index is 0.768. The number of fused-ring (bicyclic) bond motifs is 1. The van der Waals surface area contributed by atoms with E-state index in [0.29, 0.717) is 0 Å². The normalized spacial score (nSPS) is 10.9. The molecule has 0 spiro atoms. The predicted octanol–water partition coefficient (Wildman–Crippen LogP) is 2.83. The lowest BCUT2D eigenvalue weighted by Gasteiger charge is -2.06. The van der Waals surface area contributed by atoms with Crippen LogP contribution in [0.1, 0.15) is 5.56 Å². The Morgan fingerprint density at radius 2 is 2.11 bits per heavy atom. The van der Waals surface area contributed by atoms with Gasteiger partial charge in [-0.2, -0.15) is 0 Å². The first kappa shape index (κ1) is 11.1. The number of aromatic amines is 1. The second-order valence-corrected chi connectivity index (χ2v) is 4.86. The van der Waals surface area contributed by atoms with Gasteiger partial charge in [-0.05, 0) is 23.8 Å². The highest BCUT2D eigenvalue weighted by Gasteiger charge is 2.06. The van der Waals surface area contributed by atoms with E-state index in [-0.39, 0.29) is 0 Å². The molecule has 2 heterocycles. The van der Waals surface area contributed by atoms with Gasteiger partial charge in [0.25, 0.3) is 0 Å². The van der Waals surface area contributed by atoms with Gasteiger partial charge in [-0.1, -0.05) is 17.8 Å². The van der Waals surface area contributed by atoms with Crippen molar-refractivity contribution in [2.24, 2.45) is 0 Å². The Morgan fingerprint density at radius 1 is 1.17 bits per heavy atom. The summed E-state index contributed by atoms with van der Waals surface area (Å²) in [6.07, 6.45) is 5.37. The molecule has 0 unspecified atom stereocenters. The summed E-state index contributed by atoms with van der Waals surface area (Å²) in [6.45, 7) is 0. The number of hydrogen-bond donors (Lipinski definition) is 2. The van der Waals surface area contributed by atoms with E-state index >= 15 is 0 Å². The van der Waals surface area contributed by atoms with Gasteiger partial charge in [0.15, 0.2) is 5.16 Å². The molecule has 4 nitrogen and oxygen atoms in total. The minimum Gasteiger partial charge on any atom is -0.398 e. The fourth-order valence-corrected chi connectivity index (χ4v) is 2.66. The molecule has 0 radical (unpaired) electrons. The molecule has 3 rings (SSSR count). The number of benzene rings is 1. The number of H-pyrrole nitrogens is 1. The molecule has 0 atom stereocenters. The molecule has 0 saturated heterocycles. The maximum absolute atomic E-state index is 5.95. The second-order valence-electron chi connectivity index (χ2n) is 3.90. The Balaban J connectivity index is 1.94. The Hall–Kier alpha value is -2.01. The van der Waals surface area contributed by atoms with Crippen molar-refractivity contribution >= 4 is 28.4 Å². The van der Waals surface area contributed by atoms with E-state index in [0.717, 1.165) is 27.5 Å². The number of nitrogens with zero attached hydrogens (tertiary/aromatic N) is 2. The molecule has 2 aromatic heterocycles. The van der Waals surface area contributed by atoms with Crippen molar-refractivity contribution in [1.29, 1.82) is 0 Å². The Kier molecular flexibility index (Phi) is 2.90. The monoisotopic (exact) mass is 256 g/mol. The van der Waals surface area contributed by atoms with Crippen molar-refractivity contribution in [1.82, 2.24) is 15.0 Å². The van der Waals surface area contributed by atoms with E-state index < -0.39 is 0 Å². The van der Waals surface area contributed by atoms with E-state index in [1.165, 1.54) is 5.56 Å². The Labute approximate surface area is 109 Å². The van der Waals surface area contributed by atoms with Crippen LogP contribution in [0.2, 0.25) is 0 Å². The molecule has 0 amide bonds. The number of imidazole rings is 1. The summed E-state index contributed by atoms with van der Waals surface area (Å²) in [6, 6.07) is 7.86. The number of nitrogen functional groups attached to an aromatic ring is 1. The van der Waals surface area contributed by atoms with Crippen LogP contribution in [-0.4, -0.2) is 15.0 Å². The highest BCUT2D eigenvalue weighted by atomic mass is 32.2. The molecule has 0 bridgehead atoms. The summed E-state index contributed by atoms with van der Waals surface area (Å²) >= 11 is 1.65. The molecule has 90 valence electrons.